The first kappa shape index (κ1) is 15.8. The van der Waals surface area contributed by atoms with Crippen molar-refractivity contribution in [3.05, 3.63) is 0 Å². The van der Waals surface area contributed by atoms with Crippen LogP contribution in [-0.2, 0) is 24.3 Å². The number of aliphatic carboxylic acids is 1. The van der Waals surface area contributed by atoms with E-state index in [9.17, 15) is 18.0 Å². The number of primary amides is 1. The van der Waals surface area contributed by atoms with E-state index in [1.807, 2.05) is 4.72 Å². The second-order valence-electron chi connectivity index (χ2n) is 3.34. The molecule has 100 valence electrons. The van der Waals surface area contributed by atoms with Crippen molar-refractivity contribution in [1.82, 2.24) is 4.72 Å². The van der Waals surface area contributed by atoms with Crippen molar-refractivity contribution in [2.24, 2.45) is 5.73 Å². The molecule has 1 amide bonds. The molecule has 9 heteroatoms. The van der Waals surface area contributed by atoms with Gasteiger partial charge in [0, 0.05) is 13.7 Å². The molecule has 0 aromatic heterocycles. The summed E-state index contributed by atoms with van der Waals surface area (Å²) in [5, 5.41) is 8.70. The van der Waals surface area contributed by atoms with Crippen molar-refractivity contribution >= 4 is 21.9 Å². The minimum atomic E-state index is -3.76. The Morgan fingerprint density at radius 2 is 2.06 bits per heavy atom. The van der Waals surface area contributed by atoms with Gasteiger partial charge in [0.2, 0.25) is 15.9 Å². The van der Waals surface area contributed by atoms with Crippen LogP contribution in [0.3, 0.4) is 0 Å². The lowest BCUT2D eigenvalue weighted by Crippen LogP contribution is -2.44. The molecule has 1 atom stereocenters. The van der Waals surface area contributed by atoms with E-state index < -0.39 is 34.4 Å². The molecule has 4 N–H and O–H groups in total. The molecule has 0 aromatic carbocycles. The summed E-state index contributed by atoms with van der Waals surface area (Å²) in [5.41, 5.74) is 4.81. The first-order valence-electron chi connectivity index (χ1n) is 4.78. The Kier molecular flexibility index (Phi) is 6.69. The number of carbonyl (C=O) groups excluding carboxylic acids is 1. The molecule has 0 aromatic rings. The lowest BCUT2D eigenvalue weighted by Gasteiger charge is -2.12. The number of nitrogens with two attached hydrogens (primary N) is 1. The number of methoxy groups -OCH3 is 1. The van der Waals surface area contributed by atoms with Gasteiger partial charge in [-0.25, -0.2) is 13.1 Å². The maximum absolute atomic E-state index is 11.4. The van der Waals surface area contributed by atoms with Gasteiger partial charge in [-0.3, -0.25) is 9.59 Å². The van der Waals surface area contributed by atoms with E-state index in [4.69, 9.17) is 10.8 Å². The predicted molar refractivity (Wildman–Crippen MR) is 58.7 cm³/mol. The molecule has 0 rings (SSSR count). The normalized spacial score (nSPS) is 13.2. The minimum absolute atomic E-state index is 0.231. The summed E-state index contributed by atoms with van der Waals surface area (Å²) in [6.07, 6.45) is -0.354. The first-order valence-corrected chi connectivity index (χ1v) is 6.44. The van der Waals surface area contributed by atoms with Crippen molar-refractivity contribution in [1.29, 1.82) is 0 Å². The molecule has 0 aliphatic rings. The van der Waals surface area contributed by atoms with Crippen LogP contribution in [-0.4, -0.2) is 50.9 Å². The van der Waals surface area contributed by atoms with E-state index in [0.717, 1.165) is 0 Å². The van der Waals surface area contributed by atoms with Gasteiger partial charge in [0.1, 0.15) is 6.04 Å². The van der Waals surface area contributed by atoms with Gasteiger partial charge < -0.3 is 15.6 Å². The molecule has 17 heavy (non-hydrogen) atoms. The second-order valence-corrected chi connectivity index (χ2v) is 5.22. The summed E-state index contributed by atoms with van der Waals surface area (Å²) in [5.74, 6) is -2.61. The molecule has 0 unspecified atom stereocenters. The van der Waals surface area contributed by atoms with Crippen LogP contribution in [0, 0.1) is 0 Å². The standard InChI is InChI=1S/C8H16N2O6S/c1-16-3-2-4-17(14,15)10-6(8(12)13)5-7(9)11/h6,10H,2-5H2,1H3,(H2,9,11)(H,12,13)/t6-/m0/s1. The first-order chi connectivity index (χ1) is 7.78. The van der Waals surface area contributed by atoms with E-state index in [-0.39, 0.29) is 18.8 Å². The number of amides is 1. The highest BCUT2D eigenvalue weighted by molar-refractivity contribution is 7.89. The summed E-state index contributed by atoms with van der Waals surface area (Å²) in [6.45, 7) is 0.245. The van der Waals surface area contributed by atoms with Gasteiger partial charge in [0.05, 0.1) is 12.2 Å². The average Bonchev–Trinajstić information content (AvgIpc) is 2.15. The quantitative estimate of drug-likeness (QED) is 0.425. The summed E-state index contributed by atoms with van der Waals surface area (Å²) >= 11 is 0. The maximum atomic E-state index is 11.4. The van der Waals surface area contributed by atoms with Crippen molar-refractivity contribution in [3.8, 4) is 0 Å². The number of hydrogen-bond acceptors (Lipinski definition) is 5. The molecular weight excluding hydrogens is 252 g/mol. The third kappa shape index (κ3) is 7.66. The Labute approximate surface area is 99.2 Å². The number of rotatable bonds is 9. The molecule has 0 radical (unpaired) electrons. The molecule has 0 bridgehead atoms. The summed E-state index contributed by atoms with van der Waals surface area (Å²) in [7, 11) is -2.34. The zero-order valence-electron chi connectivity index (χ0n) is 9.38. The Balaban J connectivity index is 4.42. The van der Waals surface area contributed by atoms with E-state index in [2.05, 4.69) is 4.74 Å². The monoisotopic (exact) mass is 268 g/mol. The van der Waals surface area contributed by atoms with Gasteiger partial charge in [0.15, 0.2) is 0 Å². The fourth-order valence-corrected chi connectivity index (χ4v) is 2.28. The van der Waals surface area contributed by atoms with Crippen molar-refractivity contribution in [2.75, 3.05) is 19.5 Å². The number of carboxylic acids is 1. The number of ether oxygens (including phenoxy) is 1. The second kappa shape index (κ2) is 7.20. The van der Waals surface area contributed by atoms with Gasteiger partial charge in [-0.2, -0.15) is 0 Å². The van der Waals surface area contributed by atoms with E-state index >= 15 is 0 Å². The average molecular weight is 268 g/mol. The van der Waals surface area contributed by atoms with Crippen molar-refractivity contribution in [2.45, 2.75) is 18.9 Å². The Hall–Kier alpha value is -1.19. The van der Waals surface area contributed by atoms with Gasteiger partial charge in [-0.1, -0.05) is 0 Å². The van der Waals surface area contributed by atoms with Gasteiger partial charge >= 0.3 is 5.97 Å². The van der Waals surface area contributed by atoms with Crippen LogP contribution in [0.15, 0.2) is 0 Å². The zero-order valence-corrected chi connectivity index (χ0v) is 10.2. The van der Waals surface area contributed by atoms with Crippen LogP contribution in [0.2, 0.25) is 0 Å². The molecular formula is C8H16N2O6S. The highest BCUT2D eigenvalue weighted by atomic mass is 32.2. The molecule has 0 aliphatic carbocycles. The molecule has 0 saturated carbocycles. The molecule has 0 fully saturated rings. The fraction of sp³-hybridized carbons (Fsp3) is 0.750. The lowest BCUT2D eigenvalue weighted by atomic mass is 10.2. The highest BCUT2D eigenvalue weighted by Crippen LogP contribution is 1.98. The maximum Gasteiger partial charge on any atom is 0.322 e. The number of hydrogen-bond donors (Lipinski definition) is 3. The molecule has 0 saturated heterocycles. The van der Waals surface area contributed by atoms with Crippen LogP contribution < -0.4 is 10.5 Å². The third-order valence-corrected chi connectivity index (χ3v) is 3.26. The van der Waals surface area contributed by atoms with E-state index in [1.165, 1.54) is 7.11 Å². The van der Waals surface area contributed by atoms with Gasteiger partial charge in [-0.05, 0) is 6.42 Å². The third-order valence-electron chi connectivity index (χ3n) is 1.79. The highest BCUT2D eigenvalue weighted by Gasteiger charge is 2.25. The Bertz CT molecular complexity index is 366. The van der Waals surface area contributed by atoms with Gasteiger partial charge in [-0.15, -0.1) is 0 Å². The topological polar surface area (TPSA) is 136 Å². The smallest absolute Gasteiger partial charge is 0.322 e. The molecule has 0 spiro atoms. The van der Waals surface area contributed by atoms with Crippen LogP contribution >= 0.6 is 0 Å². The molecule has 8 nitrogen and oxygen atoms in total. The summed E-state index contributed by atoms with van der Waals surface area (Å²) in [4.78, 5) is 21.2. The SMILES string of the molecule is COCCCS(=O)(=O)N[C@@H](CC(N)=O)C(=O)O. The van der Waals surface area contributed by atoms with Gasteiger partial charge in [0.25, 0.3) is 0 Å². The van der Waals surface area contributed by atoms with E-state index in [1.54, 1.807) is 0 Å². The van der Waals surface area contributed by atoms with Crippen molar-refractivity contribution < 1.29 is 27.9 Å². The largest absolute Gasteiger partial charge is 0.480 e. The summed E-state index contributed by atoms with van der Waals surface area (Å²) in [6, 6.07) is -1.53. The molecule has 0 heterocycles. The van der Waals surface area contributed by atoms with Crippen LogP contribution in [0.1, 0.15) is 12.8 Å². The minimum Gasteiger partial charge on any atom is -0.480 e. The molecule has 0 aliphatic heterocycles. The van der Waals surface area contributed by atoms with Crippen LogP contribution in [0.5, 0.6) is 0 Å². The van der Waals surface area contributed by atoms with Crippen LogP contribution in [0.25, 0.3) is 0 Å². The number of nitrogens with one attached hydrogen (secondary N) is 1. The summed E-state index contributed by atoms with van der Waals surface area (Å²) < 4.78 is 29.4. The predicted octanol–water partition coefficient (Wildman–Crippen LogP) is -1.73. The van der Waals surface area contributed by atoms with Crippen molar-refractivity contribution in [3.63, 3.8) is 0 Å². The Morgan fingerprint density at radius 3 is 2.47 bits per heavy atom. The number of carboxylic acid groups (broad SMARTS) is 1. The van der Waals surface area contributed by atoms with E-state index in [0.29, 0.717) is 0 Å². The number of carbonyl (C=O) groups is 2. The van der Waals surface area contributed by atoms with Crippen LogP contribution in [0.4, 0.5) is 0 Å². The number of sulfonamides is 1. The fourth-order valence-electron chi connectivity index (χ4n) is 1.05. The lowest BCUT2D eigenvalue weighted by molar-refractivity contribution is -0.140. The zero-order chi connectivity index (χ0) is 13.5. The Morgan fingerprint density at radius 1 is 1.47 bits per heavy atom.